The van der Waals surface area contributed by atoms with Gasteiger partial charge in [-0.15, -0.1) is 0 Å². The van der Waals surface area contributed by atoms with E-state index in [1.807, 2.05) is 0 Å². The first-order chi connectivity index (χ1) is 7.50. The minimum absolute atomic E-state index is 0.0217. The molecule has 1 aliphatic heterocycles. The number of carbonyl (C=O) groups is 2. The van der Waals surface area contributed by atoms with E-state index in [0.717, 1.165) is 11.0 Å². The summed E-state index contributed by atoms with van der Waals surface area (Å²) in [5.41, 5.74) is 0.229. The summed E-state index contributed by atoms with van der Waals surface area (Å²) in [7, 11) is 1.40. The van der Waals surface area contributed by atoms with Crippen LogP contribution in [-0.4, -0.2) is 23.8 Å². The van der Waals surface area contributed by atoms with E-state index < -0.39 is 11.7 Å². The first-order valence-electron chi connectivity index (χ1n) is 4.76. The second-order valence-electron chi connectivity index (χ2n) is 3.71. The van der Waals surface area contributed by atoms with Gasteiger partial charge in [-0.25, -0.2) is 4.39 Å². The molecule has 1 aromatic rings. The molecule has 1 atom stereocenters. The van der Waals surface area contributed by atoms with Crippen molar-refractivity contribution in [2.45, 2.75) is 12.3 Å². The van der Waals surface area contributed by atoms with Crippen LogP contribution < -0.4 is 0 Å². The Morgan fingerprint density at radius 2 is 2.12 bits per heavy atom. The molecule has 1 saturated heterocycles. The Balaban J connectivity index is 2.39. The first kappa shape index (κ1) is 11.1. The zero-order valence-electron chi connectivity index (χ0n) is 8.54. The van der Waals surface area contributed by atoms with Gasteiger partial charge in [0.15, 0.2) is 0 Å². The van der Waals surface area contributed by atoms with E-state index in [0.29, 0.717) is 0 Å². The number of amides is 2. The minimum atomic E-state index is -0.713. The molecule has 0 aromatic heterocycles. The van der Waals surface area contributed by atoms with Crippen molar-refractivity contribution >= 4 is 23.4 Å². The Kier molecular flexibility index (Phi) is 2.68. The monoisotopic (exact) mass is 241 g/mol. The van der Waals surface area contributed by atoms with Gasteiger partial charge in [0, 0.05) is 24.1 Å². The fourth-order valence-electron chi connectivity index (χ4n) is 1.78. The zero-order valence-corrected chi connectivity index (χ0v) is 9.29. The van der Waals surface area contributed by atoms with Crippen molar-refractivity contribution in [1.82, 2.24) is 4.90 Å². The van der Waals surface area contributed by atoms with Crippen molar-refractivity contribution in [3.8, 4) is 0 Å². The van der Waals surface area contributed by atoms with Crippen molar-refractivity contribution in [2.24, 2.45) is 0 Å². The molecular weight excluding hydrogens is 233 g/mol. The van der Waals surface area contributed by atoms with Crippen LogP contribution >= 0.6 is 11.6 Å². The average molecular weight is 242 g/mol. The van der Waals surface area contributed by atoms with Crippen LogP contribution in [0.1, 0.15) is 17.9 Å². The number of imide groups is 1. The lowest BCUT2D eigenvalue weighted by Crippen LogP contribution is -2.25. The van der Waals surface area contributed by atoms with Gasteiger partial charge in [0.25, 0.3) is 0 Å². The molecule has 1 aromatic carbocycles. The van der Waals surface area contributed by atoms with Crippen LogP contribution in [-0.2, 0) is 9.59 Å². The van der Waals surface area contributed by atoms with E-state index in [2.05, 4.69) is 0 Å². The van der Waals surface area contributed by atoms with Gasteiger partial charge in [-0.05, 0) is 12.1 Å². The highest BCUT2D eigenvalue weighted by atomic mass is 35.5. The number of benzene rings is 1. The summed E-state index contributed by atoms with van der Waals surface area (Å²) >= 11 is 5.62. The number of carbonyl (C=O) groups excluding carboxylic acids is 2. The molecule has 5 heteroatoms. The number of halogens is 2. The van der Waals surface area contributed by atoms with Gasteiger partial charge in [0.05, 0.1) is 5.92 Å². The molecule has 2 amide bonds. The molecule has 0 saturated carbocycles. The Morgan fingerprint density at radius 3 is 2.62 bits per heavy atom. The van der Waals surface area contributed by atoms with Gasteiger partial charge in [-0.2, -0.15) is 0 Å². The van der Waals surface area contributed by atoms with Crippen molar-refractivity contribution in [1.29, 1.82) is 0 Å². The molecule has 1 unspecified atom stereocenters. The van der Waals surface area contributed by atoms with Gasteiger partial charge in [-0.1, -0.05) is 17.7 Å². The molecule has 1 heterocycles. The molecule has 0 bridgehead atoms. The Labute approximate surface area is 96.8 Å². The number of likely N-dealkylation sites (N-methyl/N-ethyl adjacent to an activating group) is 1. The van der Waals surface area contributed by atoms with Crippen LogP contribution in [0.4, 0.5) is 4.39 Å². The second kappa shape index (κ2) is 3.87. The van der Waals surface area contributed by atoms with E-state index in [1.54, 1.807) is 0 Å². The van der Waals surface area contributed by atoms with E-state index in [1.165, 1.54) is 19.2 Å². The van der Waals surface area contributed by atoms with Gasteiger partial charge in [0.2, 0.25) is 11.8 Å². The summed E-state index contributed by atoms with van der Waals surface area (Å²) in [5, 5.41) is 0.270. The minimum Gasteiger partial charge on any atom is -0.285 e. The van der Waals surface area contributed by atoms with Crippen molar-refractivity contribution in [2.75, 3.05) is 7.05 Å². The molecule has 0 radical (unpaired) electrons. The normalized spacial score (nSPS) is 20.7. The standard InChI is InChI=1S/C11H9ClFNO2/c1-14-10(15)5-8(11(14)16)7-3-2-6(12)4-9(7)13/h2-4,8H,5H2,1H3. The molecule has 1 aliphatic rings. The highest BCUT2D eigenvalue weighted by molar-refractivity contribution is 6.30. The van der Waals surface area contributed by atoms with Gasteiger partial charge in [-0.3, -0.25) is 14.5 Å². The maximum atomic E-state index is 13.6. The lowest BCUT2D eigenvalue weighted by Gasteiger charge is -2.10. The largest absolute Gasteiger partial charge is 0.285 e. The fraction of sp³-hybridized carbons (Fsp3) is 0.273. The molecule has 84 valence electrons. The number of likely N-dealkylation sites (tertiary alicyclic amines) is 1. The van der Waals surface area contributed by atoms with Gasteiger partial charge >= 0.3 is 0 Å². The maximum Gasteiger partial charge on any atom is 0.237 e. The van der Waals surface area contributed by atoms with E-state index >= 15 is 0 Å². The summed E-state index contributed by atoms with van der Waals surface area (Å²) in [6.45, 7) is 0. The third-order valence-electron chi connectivity index (χ3n) is 2.72. The van der Waals surface area contributed by atoms with Crippen LogP contribution in [0.5, 0.6) is 0 Å². The fourth-order valence-corrected chi connectivity index (χ4v) is 1.94. The molecule has 1 fully saturated rings. The summed E-state index contributed by atoms with van der Waals surface area (Å²) < 4.78 is 13.6. The molecule has 3 nitrogen and oxygen atoms in total. The molecule has 0 N–H and O–H groups in total. The highest BCUT2D eigenvalue weighted by Crippen LogP contribution is 2.31. The Morgan fingerprint density at radius 1 is 1.44 bits per heavy atom. The quantitative estimate of drug-likeness (QED) is 0.705. The summed E-state index contributed by atoms with van der Waals surface area (Å²) in [4.78, 5) is 24.0. The smallest absolute Gasteiger partial charge is 0.237 e. The Hall–Kier alpha value is -1.42. The number of rotatable bonds is 1. The van der Waals surface area contributed by atoms with E-state index in [4.69, 9.17) is 11.6 Å². The third kappa shape index (κ3) is 1.69. The van der Waals surface area contributed by atoms with Crippen molar-refractivity contribution < 1.29 is 14.0 Å². The lowest BCUT2D eigenvalue weighted by molar-refractivity contribution is -0.137. The molecule has 0 aliphatic carbocycles. The predicted octanol–water partition coefficient (Wildman–Crippen LogP) is 1.95. The summed E-state index contributed by atoms with van der Waals surface area (Å²) in [6.07, 6.45) is 0.0217. The first-order valence-corrected chi connectivity index (χ1v) is 5.14. The third-order valence-corrected chi connectivity index (χ3v) is 2.95. The number of hydrogen-bond acceptors (Lipinski definition) is 2. The average Bonchev–Trinajstić information content (AvgIpc) is 2.46. The van der Waals surface area contributed by atoms with Crippen LogP contribution in [0.15, 0.2) is 18.2 Å². The Bertz CT molecular complexity index is 475. The molecule has 16 heavy (non-hydrogen) atoms. The van der Waals surface area contributed by atoms with Gasteiger partial charge in [0.1, 0.15) is 5.82 Å². The van der Waals surface area contributed by atoms with E-state index in [9.17, 15) is 14.0 Å². The topological polar surface area (TPSA) is 37.4 Å². The predicted molar refractivity (Wildman–Crippen MR) is 56.5 cm³/mol. The highest BCUT2D eigenvalue weighted by Gasteiger charge is 2.38. The zero-order chi connectivity index (χ0) is 11.9. The van der Waals surface area contributed by atoms with Crippen LogP contribution in [0.2, 0.25) is 5.02 Å². The SMILES string of the molecule is CN1C(=O)CC(c2ccc(Cl)cc2F)C1=O. The molecule has 2 rings (SSSR count). The summed E-state index contributed by atoms with van der Waals surface area (Å²) in [5.74, 6) is -1.92. The molecule has 0 spiro atoms. The second-order valence-corrected chi connectivity index (χ2v) is 4.15. The molecular formula is C11H9ClFNO2. The number of hydrogen-bond donors (Lipinski definition) is 0. The van der Waals surface area contributed by atoms with Crippen molar-refractivity contribution in [3.05, 3.63) is 34.6 Å². The number of nitrogens with zero attached hydrogens (tertiary/aromatic N) is 1. The summed E-state index contributed by atoms with van der Waals surface area (Å²) in [6, 6.07) is 4.11. The van der Waals surface area contributed by atoms with Crippen LogP contribution in [0.25, 0.3) is 0 Å². The van der Waals surface area contributed by atoms with Crippen molar-refractivity contribution in [3.63, 3.8) is 0 Å². The van der Waals surface area contributed by atoms with Gasteiger partial charge < -0.3 is 0 Å². The van der Waals surface area contributed by atoms with Crippen LogP contribution in [0, 0.1) is 5.82 Å². The van der Waals surface area contributed by atoms with E-state index in [-0.39, 0.29) is 28.8 Å². The maximum absolute atomic E-state index is 13.6. The van der Waals surface area contributed by atoms with Crippen LogP contribution in [0.3, 0.4) is 0 Å². The lowest BCUT2D eigenvalue weighted by atomic mass is 9.97.